The lowest BCUT2D eigenvalue weighted by atomic mass is 9.83. The van der Waals surface area contributed by atoms with Crippen LogP contribution in [0.3, 0.4) is 0 Å². The fourth-order valence-corrected chi connectivity index (χ4v) is 6.25. The topological polar surface area (TPSA) is 86.3 Å². The monoisotopic (exact) mass is 523 g/mol. The van der Waals surface area contributed by atoms with E-state index in [0.29, 0.717) is 37.2 Å². The lowest BCUT2D eigenvalue weighted by Gasteiger charge is -2.37. The molecule has 1 aliphatic rings. The van der Waals surface area contributed by atoms with Crippen LogP contribution >= 0.6 is 21.0 Å². The summed E-state index contributed by atoms with van der Waals surface area (Å²) in [5.74, 6) is 0.584. The van der Waals surface area contributed by atoms with E-state index in [1.807, 2.05) is 41.3 Å². The van der Waals surface area contributed by atoms with E-state index in [1.165, 1.54) is 0 Å². The molecule has 1 amide bonds. The number of amides is 1. The number of para-hydroxylation sites is 1. The Morgan fingerprint density at radius 2 is 1.89 bits per heavy atom. The molecule has 36 heavy (non-hydrogen) atoms. The molecule has 3 unspecified atom stereocenters. The number of carbonyl (C=O) groups is 1. The van der Waals surface area contributed by atoms with Crippen LogP contribution in [0, 0.1) is 34.0 Å². The third kappa shape index (κ3) is 6.73. The molecule has 2 aromatic rings. The first kappa shape index (κ1) is 27.9. The third-order valence-corrected chi connectivity index (χ3v) is 8.46. The second-order valence-corrected chi connectivity index (χ2v) is 12.1. The third-order valence-electron chi connectivity index (χ3n) is 6.35. The molecule has 0 aliphatic carbocycles. The van der Waals surface area contributed by atoms with Crippen LogP contribution < -0.4 is 9.47 Å². The van der Waals surface area contributed by atoms with Crippen LogP contribution in [0.5, 0.6) is 11.5 Å². The number of ether oxygens (including phenoxy) is 2. The zero-order valence-electron chi connectivity index (χ0n) is 21.4. The van der Waals surface area contributed by atoms with Gasteiger partial charge in [0.05, 0.1) is 24.8 Å². The van der Waals surface area contributed by atoms with E-state index in [2.05, 4.69) is 42.1 Å². The quantitative estimate of drug-likeness (QED) is 0.411. The minimum atomic E-state index is -0.677. The van der Waals surface area contributed by atoms with Gasteiger partial charge in [0, 0.05) is 42.2 Å². The lowest BCUT2D eigenvalue weighted by molar-refractivity contribution is -0.136. The van der Waals surface area contributed by atoms with Crippen molar-refractivity contribution in [2.75, 3.05) is 25.7 Å². The van der Waals surface area contributed by atoms with E-state index in [-0.39, 0.29) is 22.7 Å². The van der Waals surface area contributed by atoms with Gasteiger partial charge >= 0.3 is 0 Å². The van der Waals surface area contributed by atoms with Crippen LogP contribution in [0.2, 0.25) is 0 Å². The van der Waals surface area contributed by atoms with Gasteiger partial charge in [-0.1, -0.05) is 39.0 Å². The summed E-state index contributed by atoms with van der Waals surface area (Å²) >= 11 is 1.65. The van der Waals surface area contributed by atoms with Crippen molar-refractivity contribution in [1.82, 2.24) is 4.90 Å². The first-order chi connectivity index (χ1) is 17.2. The molecule has 0 saturated carbocycles. The fraction of sp³-hybridized carbons (Fsp3) is 0.464. The van der Waals surface area contributed by atoms with Crippen LogP contribution in [0.25, 0.3) is 11.1 Å². The van der Waals surface area contributed by atoms with E-state index in [1.54, 1.807) is 24.9 Å². The van der Waals surface area contributed by atoms with Gasteiger partial charge in [-0.25, -0.2) is 0 Å². The van der Waals surface area contributed by atoms with Crippen LogP contribution in [0.15, 0.2) is 42.5 Å². The van der Waals surface area contributed by atoms with Gasteiger partial charge in [-0.05, 0) is 35.2 Å². The molecule has 2 aromatic carbocycles. The van der Waals surface area contributed by atoms with Crippen molar-refractivity contribution < 1.29 is 14.3 Å². The predicted octanol–water partition coefficient (Wildman–Crippen LogP) is 5.72. The maximum Gasteiger partial charge on any atom is 0.241 e. The van der Waals surface area contributed by atoms with E-state index in [0.717, 1.165) is 22.4 Å². The standard InChI is InChI=1S/C28H34N3O3PS/c1-28(2,3)26(36-18-35)24(17-30)27(32)31-11-9-21(10-12-31)34-22-14-19(16-29)13-20(15-22)23-7-5-6-8-25(23)33-4/h5-8,13-15,21,24,26H,9-12,18,35H2,1-4H3. The molecule has 1 saturated heterocycles. The zero-order chi connectivity index (χ0) is 26.3. The van der Waals surface area contributed by atoms with Crippen molar-refractivity contribution in [2.24, 2.45) is 11.3 Å². The number of methoxy groups -OCH3 is 1. The Labute approximate surface area is 221 Å². The first-order valence-electron chi connectivity index (χ1n) is 12.1. The summed E-state index contributed by atoms with van der Waals surface area (Å²) in [6, 6.07) is 17.7. The number of benzene rings is 2. The molecular weight excluding hydrogens is 489 g/mol. The van der Waals surface area contributed by atoms with Gasteiger partial charge in [0.1, 0.15) is 23.5 Å². The highest BCUT2D eigenvalue weighted by Crippen LogP contribution is 2.38. The molecule has 1 fully saturated rings. The van der Waals surface area contributed by atoms with E-state index in [4.69, 9.17) is 9.47 Å². The second kappa shape index (κ2) is 12.5. The van der Waals surface area contributed by atoms with Gasteiger partial charge in [-0.2, -0.15) is 22.3 Å². The van der Waals surface area contributed by atoms with Crippen LogP contribution in [-0.4, -0.2) is 47.9 Å². The van der Waals surface area contributed by atoms with Crippen molar-refractivity contribution in [2.45, 2.75) is 45.0 Å². The van der Waals surface area contributed by atoms with Crippen molar-refractivity contribution >= 4 is 26.9 Å². The van der Waals surface area contributed by atoms with Gasteiger partial charge in [0.2, 0.25) is 5.91 Å². The molecular formula is C28H34N3O3PS. The molecule has 0 bridgehead atoms. The molecule has 0 spiro atoms. The van der Waals surface area contributed by atoms with Gasteiger partial charge < -0.3 is 14.4 Å². The number of hydrogen-bond donors (Lipinski definition) is 0. The number of nitriles is 2. The number of likely N-dealkylation sites (tertiary alicyclic amines) is 1. The molecule has 3 rings (SSSR count). The van der Waals surface area contributed by atoms with Crippen LogP contribution in [0.4, 0.5) is 0 Å². The summed E-state index contributed by atoms with van der Waals surface area (Å²) in [5.41, 5.74) is 2.87. The number of thioether (sulfide) groups is 1. The van der Waals surface area contributed by atoms with Gasteiger partial charge in [0.15, 0.2) is 0 Å². The Hall–Kier alpha value is -2.73. The summed E-state index contributed by atoms with van der Waals surface area (Å²) in [4.78, 5) is 15.1. The van der Waals surface area contributed by atoms with Crippen molar-refractivity contribution in [3.63, 3.8) is 0 Å². The predicted molar refractivity (Wildman–Crippen MR) is 148 cm³/mol. The normalized spacial score (nSPS) is 15.9. The smallest absolute Gasteiger partial charge is 0.241 e. The fourth-order valence-electron chi connectivity index (χ4n) is 4.56. The second-order valence-electron chi connectivity index (χ2n) is 9.93. The van der Waals surface area contributed by atoms with Gasteiger partial charge in [0.25, 0.3) is 0 Å². The summed E-state index contributed by atoms with van der Waals surface area (Å²) in [7, 11) is 4.30. The minimum absolute atomic E-state index is 0.0751. The Bertz CT molecular complexity index is 1140. The Kier molecular flexibility index (Phi) is 9.66. The number of rotatable bonds is 8. The highest BCUT2D eigenvalue weighted by atomic mass is 32.2. The number of piperidine rings is 1. The van der Waals surface area contributed by atoms with E-state index in [9.17, 15) is 15.3 Å². The van der Waals surface area contributed by atoms with Crippen molar-refractivity contribution in [3.05, 3.63) is 48.0 Å². The average Bonchev–Trinajstić information content (AvgIpc) is 2.88. The highest BCUT2D eigenvalue weighted by Gasteiger charge is 2.39. The molecule has 1 aliphatic heterocycles. The van der Waals surface area contributed by atoms with Crippen molar-refractivity contribution in [3.8, 4) is 34.8 Å². The maximum atomic E-state index is 13.3. The van der Waals surface area contributed by atoms with E-state index >= 15 is 0 Å². The molecule has 1 heterocycles. The largest absolute Gasteiger partial charge is 0.496 e. The molecule has 3 atom stereocenters. The Morgan fingerprint density at radius 1 is 1.19 bits per heavy atom. The minimum Gasteiger partial charge on any atom is -0.496 e. The number of hydrogen-bond acceptors (Lipinski definition) is 6. The molecule has 0 radical (unpaired) electrons. The summed E-state index contributed by atoms with van der Waals surface area (Å²) in [6.45, 7) is 7.33. The van der Waals surface area contributed by atoms with Crippen LogP contribution in [-0.2, 0) is 4.79 Å². The number of nitrogens with zero attached hydrogens (tertiary/aromatic N) is 3. The average molecular weight is 524 g/mol. The number of carbonyl (C=O) groups excluding carboxylic acids is 1. The Balaban J connectivity index is 1.71. The van der Waals surface area contributed by atoms with E-state index < -0.39 is 5.92 Å². The van der Waals surface area contributed by atoms with Gasteiger partial charge in [-0.15, -0.1) is 9.24 Å². The lowest BCUT2D eigenvalue weighted by Crippen LogP contribution is -2.48. The molecule has 0 N–H and O–H groups in total. The zero-order valence-corrected chi connectivity index (χ0v) is 23.3. The Morgan fingerprint density at radius 3 is 2.47 bits per heavy atom. The van der Waals surface area contributed by atoms with Crippen LogP contribution in [0.1, 0.15) is 39.2 Å². The highest BCUT2D eigenvalue weighted by molar-refractivity contribution is 8.03. The molecule has 0 aromatic heterocycles. The summed E-state index contributed by atoms with van der Waals surface area (Å²) < 4.78 is 11.8. The summed E-state index contributed by atoms with van der Waals surface area (Å²) in [6.07, 6.45) is 1.26. The maximum absolute atomic E-state index is 13.3. The molecule has 6 nitrogen and oxygen atoms in total. The first-order valence-corrected chi connectivity index (χ1v) is 13.9. The molecule has 190 valence electrons. The van der Waals surface area contributed by atoms with Crippen molar-refractivity contribution in [1.29, 1.82) is 10.5 Å². The summed E-state index contributed by atoms with van der Waals surface area (Å²) in [5, 5.41) is 19.4. The molecule has 8 heteroatoms. The SMILES string of the molecule is COc1ccccc1-c1cc(C#N)cc(OC2CCN(C(=O)C(C#N)C(SCP)C(C)(C)C)CC2)c1. The van der Waals surface area contributed by atoms with Gasteiger partial charge in [-0.3, -0.25) is 4.79 Å².